The van der Waals surface area contributed by atoms with Gasteiger partial charge in [-0.1, -0.05) is 37.0 Å². The zero-order chi connectivity index (χ0) is 18.2. The van der Waals surface area contributed by atoms with E-state index in [-0.39, 0.29) is 18.5 Å². The Morgan fingerprint density at radius 2 is 1.72 bits per heavy atom. The van der Waals surface area contributed by atoms with Gasteiger partial charge in [0.2, 0.25) is 0 Å². The van der Waals surface area contributed by atoms with Crippen LogP contribution in [0.3, 0.4) is 0 Å². The van der Waals surface area contributed by atoms with Crippen molar-refractivity contribution in [3.8, 4) is 0 Å². The molecule has 25 heavy (non-hydrogen) atoms. The summed E-state index contributed by atoms with van der Waals surface area (Å²) < 4.78 is 5.01. The second kappa shape index (κ2) is 6.81. The summed E-state index contributed by atoms with van der Waals surface area (Å²) in [5, 5.41) is 12.5. The molecule has 0 saturated heterocycles. The van der Waals surface area contributed by atoms with Crippen LogP contribution in [0.15, 0.2) is 17.9 Å². The second-order valence-corrected chi connectivity index (χ2v) is 7.22. The molecule has 1 heterocycles. The summed E-state index contributed by atoms with van der Waals surface area (Å²) >= 11 is 0. The quantitative estimate of drug-likeness (QED) is 0.839. The lowest BCUT2D eigenvalue weighted by atomic mass is 9.80. The Morgan fingerprint density at radius 3 is 2.28 bits per heavy atom. The molecule has 1 aliphatic carbocycles. The lowest BCUT2D eigenvalue weighted by molar-refractivity contribution is -0.248. The number of aliphatic hydroxyl groups excluding tert-OH is 1. The van der Waals surface area contributed by atoms with Gasteiger partial charge in [-0.05, 0) is 50.3 Å². The number of carbonyl (C=O) groups excluding carboxylic acids is 1. The highest BCUT2D eigenvalue weighted by molar-refractivity contribution is 6.23. The fourth-order valence-electron chi connectivity index (χ4n) is 4.39. The van der Waals surface area contributed by atoms with Gasteiger partial charge in [0.1, 0.15) is 11.3 Å². The summed E-state index contributed by atoms with van der Waals surface area (Å²) in [6.07, 6.45) is 4.45. The maximum atomic E-state index is 13.2. The lowest BCUT2D eigenvalue weighted by Gasteiger charge is -2.39. The van der Waals surface area contributed by atoms with E-state index in [9.17, 15) is 9.90 Å². The number of methoxy groups -OCH3 is 1. The van der Waals surface area contributed by atoms with Crippen LogP contribution in [0.25, 0.3) is 5.57 Å². The normalized spacial score (nSPS) is 20.0. The van der Waals surface area contributed by atoms with E-state index in [2.05, 4.69) is 0 Å². The van der Waals surface area contributed by atoms with E-state index < -0.39 is 5.54 Å². The molecule has 3 rings (SSSR count). The van der Waals surface area contributed by atoms with Gasteiger partial charge in [-0.2, -0.15) is 0 Å². The third kappa shape index (κ3) is 2.85. The van der Waals surface area contributed by atoms with Gasteiger partial charge < -0.3 is 9.84 Å². The highest BCUT2D eigenvalue weighted by atomic mass is 16.8. The van der Waals surface area contributed by atoms with Crippen LogP contribution < -0.4 is 0 Å². The molecule has 1 N–H and O–H groups in total. The molecular weight excluding hydrogens is 318 g/mol. The second-order valence-electron chi connectivity index (χ2n) is 7.22. The smallest absolute Gasteiger partial charge is 0.282 e. The number of ether oxygens (including phenoxy) is 1. The van der Waals surface area contributed by atoms with Crippen molar-refractivity contribution in [1.29, 1.82) is 0 Å². The Balaban J connectivity index is 2.14. The van der Waals surface area contributed by atoms with Crippen molar-refractivity contribution in [2.75, 3.05) is 13.9 Å². The van der Waals surface area contributed by atoms with Crippen LogP contribution in [-0.4, -0.2) is 35.5 Å². The van der Waals surface area contributed by atoms with Gasteiger partial charge in [0.25, 0.3) is 5.91 Å². The molecule has 1 fully saturated rings. The van der Waals surface area contributed by atoms with Crippen LogP contribution in [0.2, 0.25) is 0 Å². The third-order valence-corrected chi connectivity index (χ3v) is 5.37. The molecule has 2 aliphatic rings. The van der Waals surface area contributed by atoms with E-state index in [0.29, 0.717) is 18.4 Å². The third-order valence-electron chi connectivity index (χ3n) is 5.37. The fourth-order valence-corrected chi connectivity index (χ4v) is 4.39. The number of amides is 1. The molecule has 0 radical (unpaired) electrons. The first-order valence-corrected chi connectivity index (χ1v) is 8.90. The highest BCUT2D eigenvalue weighted by Gasteiger charge is 2.54. The molecule has 0 atom stereocenters. The van der Waals surface area contributed by atoms with Crippen LogP contribution in [0.5, 0.6) is 0 Å². The van der Waals surface area contributed by atoms with Gasteiger partial charge in [-0.25, -0.2) is 9.90 Å². The molecule has 1 spiro atoms. The Labute approximate surface area is 149 Å². The summed E-state index contributed by atoms with van der Waals surface area (Å²) in [5.41, 5.74) is 3.57. The summed E-state index contributed by atoms with van der Waals surface area (Å²) in [6.45, 7) is 5.98. The van der Waals surface area contributed by atoms with Crippen LogP contribution >= 0.6 is 0 Å². The predicted octanol–water partition coefficient (Wildman–Crippen LogP) is 3.96. The fraction of sp³-hybridized carbons (Fsp3) is 0.550. The van der Waals surface area contributed by atoms with Crippen LogP contribution in [-0.2, 0) is 14.4 Å². The number of benzene rings is 1. The lowest BCUT2D eigenvalue weighted by Crippen LogP contribution is -2.49. The number of hydroxylamine groups is 2. The first-order valence-electron chi connectivity index (χ1n) is 8.90. The van der Waals surface area contributed by atoms with Crippen molar-refractivity contribution in [2.24, 2.45) is 0 Å². The molecular formula is C20H27NO4. The van der Waals surface area contributed by atoms with Crippen molar-refractivity contribution >= 4 is 11.5 Å². The minimum absolute atomic E-state index is 0.0140. The molecule has 5 nitrogen and oxygen atoms in total. The number of aryl methyl sites for hydroxylation is 3. The average molecular weight is 345 g/mol. The molecule has 0 aromatic heterocycles. The Kier molecular flexibility index (Phi) is 4.89. The van der Waals surface area contributed by atoms with Crippen LogP contribution in [0.1, 0.15) is 54.4 Å². The van der Waals surface area contributed by atoms with Crippen molar-refractivity contribution in [1.82, 2.24) is 5.06 Å². The molecule has 5 heteroatoms. The number of nitrogens with zero attached hydrogens (tertiary/aromatic N) is 1. The maximum Gasteiger partial charge on any atom is 0.282 e. The van der Waals surface area contributed by atoms with Gasteiger partial charge in [0, 0.05) is 7.11 Å². The largest absolute Gasteiger partial charge is 0.509 e. The van der Waals surface area contributed by atoms with Crippen molar-refractivity contribution in [2.45, 2.75) is 58.4 Å². The van der Waals surface area contributed by atoms with Gasteiger partial charge in [-0.3, -0.25) is 4.79 Å². The number of hydrogen-bond donors (Lipinski definition) is 1. The number of rotatable bonds is 4. The number of hydrogen-bond acceptors (Lipinski definition) is 4. The SMILES string of the molecule is COCON1C(=O)C(c2c(C)cc(C)cc2C)=C(O)C12CCCCC2. The van der Waals surface area contributed by atoms with Gasteiger partial charge in [-0.15, -0.1) is 0 Å². The van der Waals surface area contributed by atoms with Crippen molar-refractivity contribution in [3.05, 3.63) is 40.1 Å². The molecule has 1 saturated carbocycles. The molecule has 1 aromatic rings. The van der Waals surface area contributed by atoms with E-state index in [1.165, 1.54) is 12.2 Å². The van der Waals surface area contributed by atoms with E-state index in [4.69, 9.17) is 9.57 Å². The zero-order valence-electron chi connectivity index (χ0n) is 15.5. The standard InChI is InChI=1S/C20H27NO4/c1-13-10-14(2)16(15(3)11-13)17-18(22)20(8-6-5-7-9-20)21(19(17)23)25-12-24-4/h10-11,22H,5-9,12H2,1-4H3. The van der Waals surface area contributed by atoms with Crippen LogP contribution in [0.4, 0.5) is 0 Å². The van der Waals surface area contributed by atoms with E-state index >= 15 is 0 Å². The predicted molar refractivity (Wildman–Crippen MR) is 95.8 cm³/mol. The van der Waals surface area contributed by atoms with E-state index in [0.717, 1.165) is 41.5 Å². The average Bonchev–Trinajstić information content (AvgIpc) is 2.75. The van der Waals surface area contributed by atoms with Gasteiger partial charge >= 0.3 is 0 Å². The monoisotopic (exact) mass is 345 g/mol. The first-order chi connectivity index (χ1) is 11.9. The summed E-state index contributed by atoms with van der Waals surface area (Å²) in [6, 6.07) is 4.09. The Morgan fingerprint density at radius 1 is 1.12 bits per heavy atom. The van der Waals surface area contributed by atoms with Crippen molar-refractivity contribution < 1.29 is 19.5 Å². The molecule has 0 unspecified atom stereocenters. The molecule has 1 amide bonds. The minimum atomic E-state index is -0.757. The topological polar surface area (TPSA) is 59.0 Å². The minimum Gasteiger partial charge on any atom is -0.509 e. The number of carbonyl (C=O) groups is 1. The van der Waals surface area contributed by atoms with E-state index in [1.807, 2.05) is 32.9 Å². The zero-order valence-corrected chi connectivity index (χ0v) is 15.5. The van der Waals surface area contributed by atoms with Crippen LogP contribution in [0, 0.1) is 20.8 Å². The summed E-state index contributed by atoms with van der Waals surface area (Å²) in [4.78, 5) is 18.9. The molecule has 136 valence electrons. The summed E-state index contributed by atoms with van der Waals surface area (Å²) in [5.74, 6) is -0.116. The number of aliphatic hydroxyl groups is 1. The van der Waals surface area contributed by atoms with E-state index in [1.54, 1.807) is 0 Å². The molecule has 1 aliphatic heterocycles. The van der Waals surface area contributed by atoms with Gasteiger partial charge in [0.05, 0.1) is 5.57 Å². The maximum absolute atomic E-state index is 13.2. The Bertz CT molecular complexity index is 693. The van der Waals surface area contributed by atoms with Gasteiger partial charge in [0.15, 0.2) is 6.79 Å². The van der Waals surface area contributed by atoms with Crippen molar-refractivity contribution in [3.63, 3.8) is 0 Å². The first kappa shape index (κ1) is 18.0. The molecule has 0 bridgehead atoms. The summed E-state index contributed by atoms with van der Waals surface area (Å²) in [7, 11) is 1.52. The molecule has 1 aromatic carbocycles. The highest BCUT2D eigenvalue weighted by Crippen LogP contribution is 2.48. The Hall–Kier alpha value is -1.85.